The number of hydrogen-bond donors (Lipinski definition) is 4. The van der Waals surface area contributed by atoms with Crippen LogP contribution in [0.5, 0.6) is 0 Å². The molecule has 2 unspecified atom stereocenters. The second-order valence-corrected chi connectivity index (χ2v) is 7.48. The van der Waals surface area contributed by atoms with Crippen LogP contribution in [0.1, 0.15) is 36.1 Å². The number of benzene rings is 2. The smallest absolute Gasteiger partial charge is 0.325 e. The number of nitrogens with zero attached hydrogens (tertiary/aromatic N) is 2. The highest BCUT2D eigenvalue weighted by atomic mass is 16.4. The second kappa shape index (κ2) is 9.29. The first-order valence-corrected chi connectivity index (χ1v) is 9.78. The van der Waals surface area contributed by atoms with E-state index in [1.165, 1.54) is 6.21 Å². The van der Waals surface area contributed by atoms with E-state index in [4.69, 9.17) is 5.84 Å². The van der Waals surface area contributed by atoms with Gasteiger partial charge in [-0.25, -0.2) is 4.79 Å². The van der Waals surface area contributed by atoms with Crippen LogP contribution in [0.3, 0.4) is 0 Å². The molecule has 32 heavy (non-hydrogen) atoms. The normalized spacial score (nSPS) is 19.1. The van der Waals surface area contributed by atoms with Gasteiger partial charge in [-0.05, 0) is 23.6 Å². The SMILES string of the molecule is CC1(c2ccc(C=NN)cc2)NC(=O)N(CC(=O)NC(CC(=O)O)c2ccccc2)C1=O. The van der Waals surface area contributed by atoms with E-state index in [0.717, 1.165) is 10.5 Å². The minimum Gasteiger partial charge on any atom is -0.481 e. The van der Waals surface area contributed by atoms with Crippen LogP contribution in [-0.4, -0.2) is 46.6 Å². The van der Waals surface area contributed by atoms with E-state index in [9.17, 15) is 24.3 Å². The number of rotatable bonds is 8. The lowest BCUT2D eigenvalue weighted by Crippen LogP contribution is -2.44. The highest BCUT2D eigenvalue weighted by Gasteiger charge is 2.49. The summed E-state index contributed by atoms with van der Waals surface area (Å²) in [6.45, 7) is 1.01. The summed E-state index contributed by atoms with van der Waals surface area (Å²) < 4.78 is 0. The molecule has 5 N–H and O–H groups in total. The maximum atomic E-state index is 13.0. The van der Waals surface area contributed by atoms with Gasteiger partial charge in [-0.1, -0.05) is 54.6 Å². The largest absolute Gasteiger partial charge is 0.481 e. The first-order chi connectivity index (χ1) is 15.2. The number of imide groups is 1. The van der Waals surface area contributed by atoms with Gasteiger partial charge in [0.15, 0.2) is 0 Å². The molecule has 2 aromatic carbocycles. The predicted molar refractivity (Wildman–Crippen MR) is 115 cm³/mol. The van der Waals surface area contributed by atoms with Crippen LogP contribution in [0, 0.1) is 0 Å². The molecule has 2 atom stereocenters. The molecule has 1 heterocycles. The van der Waals surface area contributed by atoms with E-state index in [0.29, 0.717) is 11.1 Å². The van der Waals surface area contributed by atoms with Gasteiger partial charge in [0, 0.05) is 0 Å². The van der Waals surface area contributed by atoms with Crippen molar-refractivity contribution in [1.29, 1.82) is 0 Å². The molecule has 0 aromatic heterocycles. The van der Waals surface area contributed by atoms with Crippen LogP contribution in [0.2, 0.25) is 0 Å². The minimum atomic E-state index is -1.35. The lowest BCUT2D eigenvalue weighted by molar-refractivity contribution is -0.138. The maximum Gasteiger partial charge on any atom is 0.325 e. The van der Waals surface area contributed by atoms with Crippen molar-refractivity contribution in [2.24, 2.45) is 10.9 Å². The third kappa shape index (κ3) is 4.75. The number of hydrogen-bond acceptors (Lipinski definition) is 6. The molecule has 0 aliphatic carbocycles. The highest BCUT2D eigenvalue weighted by Crippen LogP contribution is 2.29. The van der Waals surface area contributed by atoms with Gasteiger partial charge in [-0.3, -0.25) is 19.3 Å². The number of carboxylic acids is 1. The van der Waals surface area contributed by atoms with Gasteiger partial charge < -0.3 is 21.6 Å². The van der Waals surface area contributed by atoms with Crippen molar-refractivity contribution in [1.82, 2.24) is 15.5 Å². The summed E-state index contributed by atoms with van der Waals surface area (Å²) in [6, 6.07) is 13.8. The Balaban J connectivity index is 1.74. The summed E-state index contributed by atoms with van der Waals surface area (Å²) in [4.78, 5) is 50.2. The summed E-state index contributed by atoms with van der Waals surface area (Å²) in [5, 5.41) is 17.8. The number of carboxylic acid groups (broad SMARTS) is 1. The fourth-order valence-corrected chi connectivity index (χ4v) is 3.52. The van der Waals surface area contributed by atoms with Gasteiger partial charge in [0.2, 0.25) is 5.91 Å². The first kappa shape index (κ1) is 22.5. The van der Waals surface area contributed by atoms with Crippen molar-refractivity contribution >= 4 is 30.0 Å². The third-order valence-electron chi connectivity index (χ3n) is 5.20. The maximum absolute atomic E-state index is 13.0. The summed E-state index contributed by atoms with van der Waals surface area (Å²) in [5.74, 6) is 2.80. The van der Waals surface area contributed by atoms with Gasteiger partial charge >= 0.3 is 12.0 Å². The topological polar surface area (TPSA) is 154 Å². The molecular formula is C22H23N5O5. The number of amides is 4. The Hall–Kier alpha value is -4.21. The van der Waals surface area contributed by atoms with Crippen LogP contribution in [0.25, 0.3) is 0 Å². The van der Waals surface area contributed by atoms with Gasteiger partial charge in [0.05, 0.1) is 18.7 Å². The molecule has 0 saturated carbocycles. The lowest BCUT2D eigenvalue weighted by Gasteiger charge is -2.23. The van der Waals surface area contributed by atoms with Crippen LogP contribution >= 0.6 is 0 Å². The van der Waals surface area contributed by atoms with Gasteiger partial charge in [0.25, 0.3) is 5.91 Å². The lowest BCUT2D eigenvalue weighted by atomic mass is 9.91. The molecule has 1 fully saturated rings. The summed E-state index contributed by atoms with van der Waals surface area (Å²) >= 11 is 0. The zero-order valence-corrected chi connectivity index (χ0v) is 17.3. The quantitative estimate of drug-likeness (QED) is 0.210. The molecule has 0 radical (unpaired) electrons. The molecule has 3 rings (SSSR count). The molecule has 166 valence electrons. The second-order valence-electron chi connectivity index (χ2n) is 7.48. The molecule has 1 aliphatic heterocycles. The number of urea groups is 1. The zero-order valence-electron chi connectivity index (χ0n) is 17.3. The number of carbonyl (C=O) groups excluding carboxylic acids is 3. The van der Waals surface area contributed by atoms with E-state index in [2.05, 4.69) is 15.7 Å². The van der Waals surface area contributed by atoms with Crippen LogP contribution < -0.4 is 16.5 Å². The first-order valence-electron chi connectivity index (χ1n) is 9.78. The number of nitrogens with two attached hydrogens (primary N) is 1. The molecule has 0 bridgehead atoms. The molecule has 4 amide bonds. The third-order valence-corrected chi connectivity index (χ3v) is 5.20. The number of hydrazone groups is 1. The molecule has 0 spiro atoms. The number of carbonyl (C=O) groups is 4. The summed E-state index contributed by atoms with van der Waals surface area (Å²) in [5.41, 5.74) is 0.501. The van der Waals surface area contributed by atoms with E-state index in [1.807, 2.05) is 0 Å². The molecule has 1 saturated heterocycles. The Morgan fingerprint density at radius 1 is 1.19 bits per heavy atom. The number of aliphatic carboxylic acids is 1. The van der Waals surface area contributed by atoms with Crippen LogP contribution in [0.4, 0.5) is 4.79 Å². The Kier molecular flexibility index (Phi) is 6.53. The fraction of sp³-hybridized carbons (Fsp3) is 0.227. The van der Waals surface area contributed by atoms with E-state index >= 15 is 0 Å². The monoisotopic (exact) mass is 437 g/mol. The van der Waals surface area contributed by atoms with Crippen molar-refractivity contribution in [3.05, 3.63) is 71.3 Å². The molecule has 1 aliphatic rings. The van der Waals surface area contributed by atoms with E-state index in [1.54, 1.807) is 61.5 Å². The Bertz CT molecular complexity index is 1050. The molecule has 10 nitrogen and oxygen atoms in total. The van der Waals surface area contributed by atoms with Gasteiger partial charge in [-0.2, -0.15) is 5.10 Å². The molecule has 2 aromatic rings. The Morgan fingerprint density at radius 2 is 1.84 bits per heavy atom. The molecule has 10 heteroatoms. The van der Waals surface area contributed by atoms with E-state index < -0.39 is 41.9 Å². The van der Waals surface area contributed by atoms with Crippen molar-refractivity contribution in [3.8, 4) is 0 Å². The Morgan fingerprint density at radius 3 is 2.44 bits per heavy atom. The van der Waals surface area contributed by atoms with Gasteiger partial charge in [-0.15, -0.1) is 0 Å². The van der Waals surface area contributed by atoms with Crippen molar-refractivity contribution in [3.63, 3.8) is 0 Å². The fourth-order valence-electron chi connectivity index (χ4n) is 3.52. The zero-order chi connectivity index (χ0) is 23.3. The minimum absolute atomic E-state index is 0.341. The predicted octanol–water partition coefficient (Wildman–Crippen LogP) is 1.08. The van der Waals surface area contributed by atoms with Crippen molar-refractivity contribution in [2.45, 2.75) is 24.9 Å². The molecular weight excluding hydrogens is 414 g/mol. The van der Waals surface area contributed by atoms with E-state index in [-0.39, 0.29) is 6.42 Å². The highest BCUT2D eigenvalue weighted by molar-refractivity contribution is 6.09. The standard InChI is InChI=1S/C22H23N5O5/c1-22(16-9-7-14(8-10-16)12-24-23)20(31)27(21(32)26-22)13-18(28)25-17(11-19(29)30)15-5-3-2-4-6-15/h2-10,12,17H,11,13,23H2,1H3,(H,25,28)(H,26,32)(H,29,30). The average molecular weight is 437 g/mol. The average Bonchev–Trinajstić information content (AvgIpc) is 2.98. The van der Waals surface area contributed by atoms with Crippen LogP contribution in [0.15, 0.2) is 59.7 Å². The van der Waals surface area contributed by atoms with Crippen molar-refractivity contribution < 1.29 is 24.3 Å². The van der Waals surface area contributed by atoms with Crippen molar-refractivity contribution in [2.75, 3.05) is 6.54 Å². The Labute approximate surface area is 184 Å². The summed E-state index contributed by atoms with van der Waals surface area (Å²) in [7, 11) is 0. The number of nitrogens with one attached hydrogen (secondary N) is 2. The van der Waals surface area contributed by atoms with Crippen LogP contribution in [-0.2, 0) is 19.9 Å². The summed E-state index contributed by atoms with van der Waals surface area (Å²) in [6.07, 6.45) is 1.10. The van der Waals surface area contributed by atoms with Gasteiger partial charge in [0.1, 0.15) is 12.1 Å².